The lowest BCUT2D eigenvalue weighted by Crippen LogP contribution is -2.15. The fourth-order valence-corrected chi connectivity index (χ4v) is 2.21. The van der Waals surface area contributed by atoms with Crippen LogP contribution in [0.3, 0.4) is 0 Å². The molecule has 120 valence electrons. The van der Waals surface area contributed by atoms with Crippen molar-refractivity contribution >= 4 is 29.2 Å². The van der Waals surface area contributed by atoms with Gasteiger partial charge in [0.15, 0.2) is 5.82 Å². The maximum Gasteiger partial charge on any atom is 0.257 e. The van der Waals surface area contributed by atoms with Crippen molar-refractivity contribution in [2.45, 2.75) is 0 Å². The van der Waals surface area contributed by atoms with Gasteiger partial charge < -0.3 is 22.5 Å². The molecule has 7 N–H and O–H groups in total. The van der Waals surface area contributed by atoms with Crippen LogP contribution in [0.25, 0.3) is 11.4 Å². The molecule has 0 fully saturated rings. The Bertz CT molecular complexity index is 890. The van der Waals surface area contributed by atoms with Crippen molar-refractivity contribution in [2.75, 3.05) is 22.5 Å². The number of hydrogen-bond acceptors (Lipinski definition) is 7. The molecular weight excluding hydrogens is 306 g/mol. The van der Waals surface area contributed by atoms with E-state index in [2.05, 4.69) is 20.3 Å². The molecule has 1 amide bonds. The van der Waals surface area contributed by atoms with Gasteiger partial charge in [-0.3, -0.25) is 4.79 Å². The monoisotopic (exact) mass is 321 g/mol. The zero-order chi connectivity index (χ0) is 17.1. The van der Waals surface area contributed by atoms with Crippen LogP contribution in [-0.4, -0.2) is 20.9 Å². The number of amides is 1. The molecule has 0 atom stereocenters. The third kappa shape index (κ3) is 3.07. The summed E-state index contributed by atoms with van der Waals surface area (Å²) in [6.45, 7) is 0. The number of nitrogen functional groups attached to an aromatic ring is 3. The largest absolute Gasteiger partial charge is 0.398 e. The summed E-state index contributed by atoms with van der Waals surface area (Å²) in [7, 11) is 0. The van der Waals surface area contributed by atoms with Crippen molar-refractivity contribution in [3.63, 3.8) is 0 Å². The minimum absolute atomic E-state index is 0.00549. The lowest BCUT2D eigenvalue weighted by Gasteiger charge is -2.11. The van der Waals surface area contributed by atoms with Crippen LogP contribution in [0.1, 0.15) is 10.4 Å². The minimum atomic E-state index is -0.337. The predicted octanol–water partition coefficient (Wildman–Crippen LogP) is 1.54. The molecule has 0 aliphatic heterocycles. The molecule has 8 heteroatoms. The van der Waals surface area contributed by atoms with E-state index in [1.54, 1.807) is 48.5 Å². The zero-order valence-corrected chi connectivity index (χ0v) is 12.6. The number of carbonyl (C=O) groups excluding carboxylic acids is 1. The number of nitrogens with two attached hydrogens (primary N) is 3. The summed E-state index contributed by atoms with van der Waals surface area (Å²) < 4.78 is 0. The van der Waals surface area contributed by atoms with E-state index in [0.717, 1.165) is 0 Å². The van der Waals surface area contributed by atoms with Gasteiger partial charge in [0.1, 0.15) is 0 Å². The second-order valence-electron chi connectivity index (χ2n) is 4.96. The SMILES string of the molecule is Nc1nc(N)nc(-c2ccccc2NC(=O)c2ccccc2N)n1. The number of rotatable bonds is 3. The molecule has 1 aromatic heterocycles. The molecule has 0 aliphatic carbocycles. The molecule has 0 bridgehead atoms. The van der Waals surface area contributed by atoms with Crippen LogP contribution >= 0.6 is 0 Å². The summed E-state index contributed by atoms with van der Waals surface area (Å²) in [5.74, 6) is -0.0515. The van der Waals surface area contributed by atoms with Crippen molar-refractivity contribution in [1.82, 2.24) is 15.0 Å². The van der Waals surface area contributed by atoms with Crippen molar-refractivity contribution < 1.29 is 4.79 Å². The maximum absolute atomic E-state index is 12.5. The summed E-state index contributed by atoms with van der Waals surface area (Å²) in [5, 5.41) is 2.80. The molecule has 0 saturated carbocycles. The van der Waals surface area contributed by atoms with E-state index >= 15 is 0 Å². The van der Waals surface area contributed by atoms with Crippen LogP contribution < -0.4 is 22.5 Å². The quantitative estimate of drug-likeness (QED) is 0.535. The lowest BCUT2D eigenvalue weighted by atomic mass is 10.1. The number of hydrogen-bond donors (Lipinski definition) is 4. The van der Waals surface area contributed by atoms with E-state index in [1.807, 2.05) is 0 Å². The van der Waals surface area contributed by atoms with Gasteiger partial charge >= 0.3 is 0 Å². The highest BCUT2D eigenvalue weighted by atomic mass is 16.1. The Labute approximate surface area is 137 Å². The van der Waals surface area contributed by atoms with Gasteiger partial charge in [-0.2, -0.15) is 15.0 Å². The van der Waals surface area contributed by atoms with Crippen molar-refractivity contribution in [3.8, 4) is 11.4 Å². The molecule has 24 heavy (non-hydrogen) atoms. The van der Waals surface area contributed by atoms with Crippen molar-refractivity contribution in [2.24, 2.45) is 0 Å². The number of para-hydroxylation sites is 2. The van der Waals surface area contributed by atoms with Crippen LogP contribution in [0.15, 0.2) is 48.5 Å². The second kappa shape index (κ2) is 6.21. The Hall–Kier alpha value is -3.68. The van der Waals surface area contributed by atoms with E-state index in [0.29, 0.717) is 22.5 Å². The number of nitrogens with one attached hydrogen (secondary N) is 1. The molecule has 3 aromatic rings. The van der Waals surface area contributed by atoms with Crippen LogP contribution in [0.5, 0.6) is 0 Å². The van der Waals surface area contributed by atoms with E-state index in [-0.39, 0.29) is 23.6 Å². The van der Waals surface area contributed by atoms with Gasteiger partial charge in [0.05, 0.1) is 11.3 Å². The third-order valence-corrected chi connectivity index (χ3v) is 3.29. The first kappa shape index (κ1) is 15.2. The molecule has 0 spiro atoms. The average Bonchev–Trinajstić information content (AvgIpc) is 2.54. The van der Waals surface area contributed by atoms with Gasteiger partial charge in [0, 0.05) is 11.3 Å². The summed E-state index contributed by atoms with van der Waals surface area (Å²) in [6, 6.07) is 13.8. The molecule has 0 unspecified atom stereocenters. The fourth-order valence-electron chi connectivity index (χ4n) is 2.21. The standard InChI is InChI=1S/C16H15N7O/c17-11-7-3-1-5-9(11)14(24)20-12-8-4-2-6-10(12)13-21-15(18)23-16(19)22-13/h1-8H,17H2,(H,20,24)(H4,18,19,21,22,23). The highest BCUT2D eigenvalue weighted by Gasteiger charge is 2.14. The minimum Gasteiger partial charge on any atom is -0.398 e. The Kier molecular flexibility index (Phi) is 3.94. The van der Waals surface area contributed by atoms with E-state index in [4.69, 9.17) is 17.2 Å². The van der Waals surface area contributed by atoms with Crippen LogP contribution in [0.2, 0.25) is 0 Å². The molecule has 2 aromatic carbocycles. The van der Waals surface area contributed by atoms with Crippen molar-refractivity contribution in [3.05, 3.63) is 54.1 Å². The first-order valence-corrected chi connectivity index (χ1v) is 7.07. The third-order valence-electron chi connectivity index (χ3n) is 3.29. The summed E-state index contributed by atoms with van der Waals surface area (Å²) in [4.78, 5) is 24.3. The van der Waals surface area contributed by atoms with E-state index in [1.165, 1.54) is 0 Å². The Morgan fingerprint density at radius 3 is 2.17 bits per heavy atom. The Morgan fingerprint density at radius 1 is 0.833 bits per heavy atom. The second-order valence-corrected chi connectivity index (χ2v) is 4.96. The molecule has 3 rings (SSSR count). The molecule has 8 nitrogen and oxygen atoms in total. The topological polar surface area (TPSA) is 146 Å². The average molecular weight is 321 g/mol. The van der Waals surface area contributed by atoms with Gasteiger partial charge in [-0.05, 0) is 24.3 Å². The number of carbonyl (C=O) groups is 1. The predicted molar refractivity (Wildman–Crippen MR) is 92.9 cm³/mol. The highest BCUT2D eigenvalue weighted by Crippen LogP contribution is 2.26. The summed E-state index contributed by atoms with van der Waals surface area (Å²) in [5.41, 5.74) is 18.9. The Morgan fingerprint density at radius 2 is 1.46 bits per heavy atom. The van der Waals surface area contributed by atoms with Crippen LogP contribution in [0, 0.1) is 0 Å². The van der Waals surface area contributed by atoms with Crippen LogP contribution in [0.4, 0.5) is 23.3 Å². The normalized spacial score (nSPS) is 10.3. The number of nitrogens with zero attached hydrogens (tertiary/aromatic N) is 3. The molecule has 1 heterocycles. The summed E-state index contributed by atoms with van der Waals surface area (Å²) >= 11 is 0. The maximum atomic E-state index is 12.5. The molecule has 0 radical (unpaired) electrons. The molecular formula is C16H15N7O. The number of benzene rings is 2. The zero-order valence-electron chi connectivity index (χ0n) is 12.6. The van der Waals surface area contributed by atoms with E-state index in [9.17, 15) is 4.79 Å². The van der Waals surface area contributed by atoms with Gasteiger partial charge in [-0.25, -0.2) is 0 Å². The fraction of sp³-hybridized carbons (Fsp3) is 0. The highest BCUT2D eigenvalue weighted by molar-refractivity contribution is 6.09. The summed E-state index contributed by atoms with van der Waals surface area (Å²) in [6.07, 6.45) is 0. The van der Waals surface area contributed by atoms with Gasteiger partial charge in [0.25, 0.3) is 5.91 Å². The first-order chi connectivity index (χ1) is 11.5. The first-order valence-electron chi connectivity index (χ1n) is 7.07. The Balaban J connectivity index is 1.98. The molecule has 0 aliphatic rings. The molecule has 0 saturated heterocycles. The smallest absolute Gasteiger partial charge is 0.257 e. The number of anilines is 4. The van der Waals surface area contributed by atoms with Gasteiger partial charge in [0.2, 0.25) is 11.9 Å². The number of aromatic nitrogens is 3. The van der Waals surface area contributed by atoms with Crippen LogP contribution in [-0.2, 0) is 0 Å². The lowest BCUT2D eigenvalue weighted by molar-refractivity contribution is 0.102. The van der Waals surface area contributed by atoms with E-state index < -0.39 is 0 Å². The van der Waals surface area contributed by atoms with Gasteiger partial charge in [-0.15, -0.1) is 0 Å². The van der Waals surface area contributed by atoms with Crippen molar-refractivity contribution in [1.29, 1.82) is 0 Å². The van der Waals surface area contributed by atoms with Gasteiger partial charge in [-0.1, -0.05) is 24.3 Å².